The molecule has 3 rings (SSSR count). The zero-order chi connectivity index (χ0) is 20.1. The number of hydrogen-bond donors (Lipinski definition) is 1. The Kier molecular flexibility index (Phi) is 6.24. The number of nitrogens with one attached hydrogen (secondary N) is 1. The molecule has 2 aromatic rings. The van der Waals surface area contributed by atoms with Crippen LogP contribution in [-0.4, -0.2) is 39.7 Å². The first-order valence-corrected chi connectivity index (χ1v) is 11.4. The number of sulfonamides is 1. The number of nitrogens with zero attached hydrogens (tertiary/aromatic N) is 2. The maximum Gasteiger partial charge on any atom is 0.243 e. The molecule has 0 aliphatic carbocycles. The molecule has 7 heteroatoms. The zero-order valence-corrected chi connectivity index (χ0v) is 17.2. The molecule has 0 spiro atoms. The topological polar surface area (TPSA) is 69.7 Å². The van der Waals surface area contributed by atoms with Gasteiger partial charge in [-0.15, -0.1) is 0 Å². The SMILES string of the molecule is CC(C(=O)NCc1ccc(N2CCCC2)cc1)N(c1ccccc1)S(C)(=O)=O. The summed E-state index contributed by atoms with van der Waals surface area (Å²) in [5, 5.41) is 2.85. The normalized spacial score (nSPS) is 15.3. The maximum absolute atomic E-state index is 12.6. The summed E-state index contributed by atoms with van der Waals surface area (Å²) < 4.78 is 25.7. The Bertz CT molecular complexity index is 892. The number of rotatable bonds is 7. The monoisotopic (exact) mass is 401 g/mol. The van der Waals surface area contributed by atoms with Crippen LogP contribution in [0.4, 0.5) is 11.4 Å². The van der Waals surface area contributed by atoms with Crippen molar-refractivity contribution in [2.45, 2.75) is 32.4 Å². The van der Waals surface area contributed by atoms with Gasteiger partial charge >= 0.3 is 0 Å². The first-order chi connectivity index (χ1) is 13.4. The molecular formula is C21H27N3O3S. The summed E-state index contributed by atoms with van der Waals surface area (Å²) >= 11 is 0. The lowest BCUT2D eigenvalue weighted by molar-refractivity contribution is -0.122. The molecular weight excluding hydrogens is 374 g/mol. The average molecular weight is 402 g/mol. The van der Waals surface area contributed by atoms with Crippen molar-refractivity contribution in [1.82, 2.24) is 5.32 Å². The van der Waals surface area contributed by atoms with Gasteiger partial charge in [-0.05, 0) is 49.6 Å². The van der Waals surface area contributed by atoms with Crippen LogP contribution in [-0.2, 0) is 21.4 Å². The van der Waals surface area contributed by atoms with Crippen LogP contribution in [0.1, 0.15) is 25.3 Å². The number of carbonyl (C=O) groups excluding carboxylic acids is 1. The standard InChI is InChI=1S/C21H27N3O3S/c1-17(24(28(2,26)27)20-8-4-3-5-9-20)21(25)22-16-18-10-12-19(13-11-18)23-14-6-7-15-23/h3-5,8-13,17H,6-7,14-16H2,1-2H3,(H,22,25). The molecule has 0 bridgehead atoms. The number of hydrogen-bond acceptors (Lipinski definition) is 4. The van der Waals surface area contributed by atoms with Crippen LogP contribution < -0.4 is 14.5 Å². The first kappa shape index (κ1) is 20.2. The minimum absolute atomic E-state index is 0.335. The molecule has 1 aliphatic heterocycles. The van der Waals surface area contributed by atoms with Crippen LogP contribution in [0.3, 0.4) is 0 Å². The Labute approximate surface area is 167 Å². The summed E-state index contributed by atoms with van der Waals surface area (Å²) in [7, 11) is -3.59. The van der Waals surface area contributed by atoms with Crippen LogP contribution in [0.2, 0.25) is 0 Å². The third kappa shape index (κ3) is 4.84. The second kappa shape index (κ2) is 8.65. The highest BCUT2D eigenvalue weighted by Crippen LogP contribution is 2.21. The largest absolute Gasteiger partial charge is 0.372 e. The van der Waals surface area contributed by atoms with Crippen molar-refractivity contribution >= 4 is 27.3 Å². The van der Waals surface area contributed by atoms with Gasteiger partial charge in [0.05, 0.1) is 11.9 Å². The highest BCUT2D eigenvalue weighted by molar-refractivity contribution is 7.92. The third-order valence-electron chi connectivity index (χ3n) is 4.97. The molecule has 28 heavy (non-hydrogen) atoms. The van der Waals surface area contributed by atoms with Crippen LogP contribution >= 0.6 is 0 Å². The predicted molar refractivity (Wildman–Crippen MR) is 113 cm³/mol. The smallest absolute Gasteiger partial charge is 0.243 e. The minimum atomic E-state index is -3.59. The highest BCUT2D eigenvalue weighted by atomic mass is 32.2. The molecule has 1 atom stereocenters. The lowest BCUT2D eigenvalue weighted by Crippen LogP contribution is -2.47. The van der Waals surface area contributed by atoms with Gasteiger partial charge in [0.2, 0.25) is 15.9 Å². The molecule has 1 heterocycles. The fourth-order valence-electron chi connectivity index (χ4n) is 3.52. The van der Waals surface area contributed by atoms with Crippen molar-refractivity contribution in [3.8, 4) is 0 Å². The Hall–Kier alpha value is -2.54. The molecule has 1 saturated heterocycles. The van der Waals surface area contributed by atoms with Crippen molar-refractivity contribution in [2.75, 3.05) is 28.6 Å². The van der Waals surface area contributed by atoms with Crippen LogP contribution in [0, 0.1) is 0 Å². The Morgan fingerprint density at radius 3 is 2.25 bits per heavy atom. The minimum Gasteiger partial charge on any atom is -0.372 e. The molecule has 0 radical (unpaired) electrons. The Morgan fingerprint density at radius 2 is 1.68 bits per heavy atom. The van der Waals surface area contributed by atoms with E-state index in [9.17, 15) is 13.2 Å². The predicted octanol–water partition coefficient (Wildman–Crippen LogP) is 2.76. The van der Waals surface area contributed by atoms with Gasteiger partial charge in [0.15, 0.2) is 0 Å². The van der Waals surface area contributed by atoms with Crippen molar-refractivity contribution in [3.63, 3.8) is 0 Å². The molecule has 0 aromatic heterocycles. The second-order valence-electron chi connectivity index (χ2n) is 7.15. The second-order valence-corrected chi connectivity index (χ2v) is 9.01. The lowest BCUT2D eigenvalue weighted by Gasteiger charge is -2.28. The van der Waals surface area contributed by atoms with Crippen LogP contribution in [0.15, 0.2) is 54.6 Å². The van der Waals surface area contributed by atoms with Gasteiger partial charge in [0.1, 0.15) is 6.04 Å². The summed E-state index contributed by atoms with van der Waals surface area (Å²) in [6.45, 7) is 4.14. The third-order valence-corrected chi connectivity index (χ3v) is 6.22. The fraction of sp³-hybridized carbons (Fsp3) is 0.381. The van der Waals surface area contributed by atoms with Crippen LogP contribution in [0.25, 0.3) is 0 Å². The number of amides is 1. The Morgan fingerprint density at radius 1 is 1.07 bits per heavy atom. The van der Waals surface area contributed by atoms with Gasteiger partial charge in [0.25, 0.3) is 0 Å². The number of para-hydroxylation sites is 1. The number of carbonyl (C=O) groups is 1. The quantitative estimate of drug-likeness (QED) is 0.775. The van der Waals surface area contributed by atoms with Crippen molar-refractivity contribution in [2.24, 2.45) is 0 Å². The van der Waals surface area contributed by atoms with E-state index in [4.69, 9.17) is 0 Å². The summed E-state index contributed by atoms with van der Waals surface area (Å²) in [6, 6.07) is 16.0. The number of anilines is 2. The Balaban J connectivity index is 1.64. The van der Waals surface area contributed by atoms with Gasteiger partial charge < -0.3 is 10.2 Å². The van der Waals surface area contributed by atoms with E-state index in [1.54, 1.807) is 37.3 Å². The van der Waals surface area contributed by atoms with Gasteiger partial charge in [-0.25, -0.2) is 8.42 Å². The van der Waals surface area contributed by atoms with Gasteiger partial charge in [-0.3, -0.25) is 9.10 Å². The molecule has 1 unspecified atom stereocenters. The van der Waals surface area contributed by atoms with E-state index >= 15 is 0 Å². The molecule has 6 nitrogen and oxygen atoms in total. The molecule has 1 aliphatic rings. The maximum atomic E-state index is 12.6. The highest BCUT2D eigenvalue weighted by Gasteiger charge is 2.28. The first-order valence-electron chi connectivity index (χ1n) is 9.52. The summed E-state index contributed by atoms with van der Waals surface area (Å²) in [5.41, 5.74) is 2.66. The van der Waals surface area contributed by atoms with Crippen molar-refractivity contribution in [1.29, 1.82) is 0 Å². The molecule has 1 amide bonds. The fourth-order valence-corrected chi connectivity index (χ4v) is 4.70. The van der Waals surface area contributed by atoms with Crippen molar-refractivity contribution in [3.05, 3.63) is 60.2 Å². The van der Waals surface area contributed by atoms with E-state index in [0.717, 1.165) is 29.2 Å². The summed E-state index contributed by atoms with van der Waals surface area (Å²) in [5.74, 6) is -0.335. The van der Waals surface area contributed by atoms with Crippen LogP contribution in [0.5, 0.6) is 0 Å². The molecule has 1 fully saturated rings. The molecule has 0 saturated carbocycles. The van der Waals surface area contributed by atoms with Gasteiger partial charge in [-0.1, -0.05) is 30.3 Å². The van der Waals surface area contributed by atoms with Gasteiger partial charge in [-0.2, -0.15) is 0 Å². The van der Waals surface area contributed by atoms with E-state index < -0.39 is 16.1 Å². The van der Waals surface area contributed by atoms with Crippen molar-refractivity contribution < 1.29 is 13.2 Å². The lowest BCUT2D eigenvalue weighted by atomic mass is 10.2. The van der Waals surface area contributed by atoms with E-state index in [0.29, 0.717) is 12.2 Å². The zero-order valence-electron chi connectivity index (χ0n) is 16.3. The van der Waals surface area contributed by atoms with Gasteiger partial charge in [0, 0.05) is 25.3 Å². The van der Waals surface area contributed by atoms with E-state index in [1.165, 1.54) is 18.5 Å². The number of benzene rings is 2. The summed E-state index contributed by atoms with van der Waals surface area (Å²) in [4.78, 5) is 15.0. The molecule has 2 aromatic carbocycles. The van der Waals surface area contributed by atoms with E-state index in [1.807, 2.05) is 12.1 Å². The van der Waals surface area contributed by atoms with E-state index in [-0.39, 0.29) is 5.91 Å². The molecule has 150 valence electrons. The average Bonchev–Trinajstić information content (AvgIpc) is 3.21. The van der Waals surface area contributed by atoms with E-state index in [2.05, 4.69) is 22.3 Å². The summed E-state index contributed by atoms with van der Waals surface area (Å²) in [6.07, 6.45) is 3.57. The molecule has 1 N–H and O–H groups in total.